The van der Waals surface area contributed by atoms with Gasteiger partial charge in [0.2, 0.25) is 5.91 Å². The number of hydrogen-bond donors (Lipinski definition) is 3. The van der Waals surface area contributed by atoms with Crippen molar-refractivity contribution in [1.29, 1.82) is 0 Å². The van der Waals surface area contributed by atoms with Crippen molar-refractivity contribution in [1.82, 2.24) is 20.8 Å². The van der Waals surface area contributed by atoms with Crippen LogP contribution in [0.25, 0.3) is 0 Å². The second kappa shape index (κ2) is 6.06. The minimum atomic E-state index is -0.628. The summed E-state index contributed by atoms with van der Waals surface area (Å²) in [5.74, 6) is -0.598. The van der Waals surface area contributed by atoms with Gasteiger partial charge in [-0.05, 0) is 12.8 Å². The van der Waals surface area contributed by atoms with Crippen LogP contribution in [0.5, 0.6) is 0 Å². The topological polar surface area (TPSA) is 111 Å². The Labute approximate surface area is 115 Å². The molecule has 2 saturated heterocycles. The van der Waals surface area contributed by atoms with Crippen LogP contribution in [0.2, 0.25) is 0 Å². The molecule has 0 aromatic rings. The molecule has 9 nitrogen and oxygen atoms in total. The second-order valence-corrected chi connectivity index (χ2v) is 4.82. The monoisotopic (exact) mass is 286 g/mol. The van der Waals surface area contributed by atoms with Crippen LogP contribution >= 0.6 is 0 Å². The third-order valence-electron chi connectivity index (χ3n) is 3.40. The van der Waals surface area contributed by atoms with Gasteiger partial charge < -0.3 is 10.2 Å². The lowest BCUT2D eigenvalue weighted by molar-refractivity contribution is -0.138. The molecular weight excluding hydrogens is 268 g/mol. The molecule has 2 atom stereocenters. The number of carbonyl (C=O) groups excluding carboxylic acids is 3. The van der Waals surface area contributed by atoms with E-state index in [1.54, 1.807) is 0 Å². The number of hydrogen-bond acceptors (Lipinski definition) is 5. The fraction of sp³-hybridized carbons (Fsp3) is 0.727. The zero-order valence-corrected chi connectivity index (χ0v) is 11.2. The number of nitrogens with one attached hydrogen (secondary N) is 2. The van der Waals surface area contributed by atoms with Gasteiger partial charge in [0.15, 0.2) is 0 Å². The number of amides is 4. The van der Waals surface area contributed by atoms with Crippen LogP contribution in [0.15, 0.2) is 0 Å². The van der Waals surface area contributed by atoms with Crippen molar-refractivity contribution in [3.05, 3.63) is 0 Å². The van der Waals surface area contributed by atoms with Crippen molar-refractivity contribution < 1.29 is 24.4 Å². The molecule has 3 N–H and O–H groups in total. The van der Waals surface area contributed by atoms with Gasteiger partial charge in [0, 0.05) is 20.0 Å². The molecule has 0 unspecified atom stereocenters. The third kappa shape index (κ3) is 2.99. The molecule has 2 fully saturated rings. The molecule has 2 aliphatic heterocycles. The van der Waals surface area contributed by atoms with Gasteiger partial charge in [0.25, 0.3) is 5.91 Å². The summed E-state index contributed by atoms with van der Waals surface area (Å²) in [5.41, 5.74) is 2.26. The summed E-state index contributed by atoms with van der Waals surface area (Å²) < 4.78 is 0. The maximum Gasteiger partial charge on any atom is 0.344 e. The smallest absolute Gasteiger partial charge is 0.344 e. The SMILES string of the molecule is CC(=O)NCCONC(=O)[C@@H]1CC[C@@H]2CN1C(=O)N2O. The van der Waals surface area contributed by atoms with Crippen molar-refractivity contribution in [3.8, 4) is 0 Å². The van der Waals surface area contributed by atoms with Gasteiger partial charge in [0.05, 0.1) is 12.6 Å². The summed E-state index contributed by atoms with van der Waals surface area (Å²) in [6.45, 7) is 2.16. The van der Waals surface area contributed by atoms with E-state index in [-0.39, 0.29) is 25.1 Å². The number of piperidine rings is 1. The van der Waals surface area contributed by atoms with Crippen LogP contribution < -0.4 is 10.8 Å². The van der Waals surface area contributed by atoms with Crippen LogP contribution in [0.1, 0.15) is 19.8 Å². The first-order valence-electron chi connectivity index (χ1n) is 6.45. The Hall–Kier alpha value is -1.87. The summed E-state index contributed by atoms with van der Waals surface area (Å²) in [7, 11) is 0. The zero-order valence-electron chi connectivity index (χ0n) is 11.2. The van der Waals surface area contributed by atoms with Gasteiger partial charge in [-0.1, -0.05) is 0 Å². The summed E-state index contributed by atoms with van der Waals surface area (Å²) in [6, 6.07) is -1.41. The van der Waals surface area contributed by atoms with Gasteiger partial charge in [-0.25, -0.2) is 15.3 Å². The number of nitrogens with zero attached hydrogens (tertiary/aromatic N) is 2. The molecule has 9 heteroatoms. The van der Waals surface area contributed by atoms with Crippen LogP contribution in [-0.2, 0) is 14.4 Å². The maximum atomic E-state index is 11.9. The van der Waals surface area contributed by atoms with E-state index < -0.39 is 18.0 Å². The molecule has 20 heavy (non-hydrogen) atoms. The van der Waals surface area contributed by atoms with E-state index in [0.29, 0.717) is 24.4 Å². The number of hydroxylamine groups is 3. The highest BCUT2D eigenvalue weighted by Gasteiger charge is 2.46. The second-order valence-electron chi connectivity index (χ2n) is 4.82. The Kier molecular flexibility index (Phi) is 4.40. The Morgan fingerprint density at radius 2 is 2.20 bits per heavy atom. The molecular formula is C11H18N4O5. The van der Waals surface area contributed by atoms with E-state index in [2.05, 4.69) is 10.8 Å². The van der Waals surface area contributed by atoms with Crippen molar-refractivity contribution >= 4 is 17.8 Å². The predicted octanol–water partition coefficient (Wildman–Crippen LogP) is -1.17. The van der Waals surface area contributed by atoms with Gasteiger partial charge in [0.1, 0.15) is 6.04 Å². The Balaban J connectivity index is 1.76. The van der Waals surface area contributed by atoms with E-state index in [1.807, 2.05) is 0 Å². The largest absolute Gasteiger partial charge is 0.354 e. The molecule has 2 rings (SSSR count). The lowest BCUT2D eigenvalue weighted by atomic mass is 10.0. The first-order chi connectivity index (χ1) is 9.50. The van der Waals surface area contributed by atoms with Gasteiger partial charge in [-0.15, -0.1) is 0 Å². The fourth-order valence-electron chi connectivity index (χ4n) is 2.39. The summed E-state index contributed by atoms with van der Waals surface area (Å²) >= 11 is 0. The molecule has 0 aromatic carbocycles. The molecule has 2 aliphatic rings. The summed E-state index contributed by atoms with van der Waals surface area (Å²) in [5, 5.41) is 12.7. The maximum absolute atomic E-state index is 11.9. The molecule has 112 valence electrons. The number of carbonyl (C=O) groups is 3. The van der Waals surface area contributed by atoms with E-state index >= 15 is 0 Å². The van der Waals surface area contributed by atoms with Crippen molar-refractivity contribution in [3.63, 3.8) is 0 Å². The van der Waals surface area contributed by atoms with Crippen molar-refractivity contribution in [2.45, 2.75) is 31.8 Å². The third-order valence-corrected chi connectivity index (χ3v) is 3.40. The number of fused-ring (bicyclic) bond motifs is 2. The normalized spacial score (nSPS) is 24.8. The van der Waals surface area contributed by atoms with Gasteiger partial charge in [-0.2, -0.15) is 0 Å². The van der Waals surface area contributed by atoms with Gasteiger partial charge >= 0.3 is 6.03 Å². The van der Waals surface area contributed by atoms with Crippen LogP contribution in [0.3, 0.4) is 0 Å². The molecule has 2 bridgehead atoms. The summed E-state index contributed by atoms with van der Waals surface area (Å²) in [6.07, 6.45) is 1.05. The summed E-state index contributed by atoms with van der Waals surface area (Å²) in [4.78, 5) is 40.5. The lowest BCUT2D eigenvalue weighted by Gasteiger charge is -2.28. The standard InChI is InChI=1S/C11H18N4O5/c1-7(16)12-4-5-20-13-10(17)9-3-2-8-6-14(9)11(18)15(8)19/h8-9,19H,2-6H2,1H3,(H,12,16)(H,13,17)/t8-,9+/m1/s1. The molecule has 0 spiro atoms. The average molecular weight is 286 g/mol. The molecule has 2 heterocycles. The highest BCUT2D eigenvalue weighted by molar-refractivity contribution is 5.87. The van der Waals surface area contributed by atoms with E-state index in [4.69, 9.17) is 4.84 Å². The van der Waals surface area contributed by atoms with E-state index in [0.717, 1.165) is 0 Å². The first kappa shape index (κ1) is 14.5. The quantitative estimate of drug-likeness (QED) is 0.335. The molecule has 0 radical (unpaired) electrons. The zero-order chi connectivity index (χ0) is 14.7. The van der Waals surface area contributed by atoms with Crippen molar-refractivity contribution in [2.24, 2.45) is 0 Å². The number of urea groups is 1. The molecule has 0 saturated carbocycles. The molecule has 4 amide bonds. The van der Waals surface area contributed by atoms with E-state index in [1.165, 1.54) is 11.8 Å². The Morgan fingerprint density at radius 1 is 1.45 bits per heavy atom. The van der Waals surface area contributed by atoms with Crippen LogP contribution in [0, 0.1) is 0 Å². The Bertz CT molecular complexity index is 416. The van der Waals surface area contributed by atoms with Gasteiger partial charge in [-0.3, -0.25) is 19.6 Å². The fourth-order valence-corrected chi connectivity index (χ4v) is 2.39. The lowest BCUT2D eigenvalue weighted by Crippen LogP contribution is -2.50. The average Bonchev–Trinajstić information content (AvgIpc) is 2.63. The van der Waals surface area contributed by atoms with Crippen molar-refractivity contribution in [2.75, 3.05) is 19.7 Å². The van der Waals surface area contributed by atoms with Crippen LogP contribution in [0.4, 0.5) is 4.79 Å². The highest BCUT2D eigenvalue weighted by atomic mass is 16.7. The predicted molar refractivity (Wildman–Crippen MR) is 65.3 cm³/mol. The first-order valence-corrected chi connectivity index (χ1v) is 6.45. The van der Waals surface area contributed by atoms with E-state index in [9.17, 15) is 19.6 Å². The Morgan fingerprint density at radius 3 is 2.90 bits per heavy atom. The molecule has 0 aromatic heterocycles. The number of rotatable bonds is 5. The molecule has 0 aliphatic carbocycles. The minimum Gasteiger partial charge on any atom is -0.354 e. The highest BCUT2D eigenvalue weighted by Crippen LogP contribution is 2.28. The minimum absolute atomic E-state index is 0.140. The van der Waals surface area contributed by atoms with Crippen LogP contribution in [-0.4, -0.2) is 64.8 Å².